The summed E-state index contributed by atoms with van der Waals surface area (Å²) >= 11 is 1.45. The van der Waals surface area contributed by atoms with Gasteiger partial charge in [0.1, 0.15) is 23.0 Å². The zero-order valence-corrected chi connectivity index (χ0v) is 17.7. The van der Waals surface area contributed by atoms with Gasteiger partial charge in [-0.3, -0.25) is 14.2 Å². The van der Waals surface area contributed by atoms with E-state index < -0.39 is 0 Å². The van der Waals surface area contributed by atoms with Crippen LogP contribution in [0.5, 0.6) is 0 Å². The maximum Gasteiger partial charge on any atom is 0.263 e. The lowest BCUT2D eigenvalue weighted by Gasteiger charge is -2.30. The summed E-state index contributed by atoms with van der Waals surface area (Å²) in [5.74, 6) is 0.805. The average molecular weight is 414 g/mol. The number of halogens is 1. The fourth-order valence-electron chi connectivity index (χ4n) is 3.94. The van der Waals surface area contributed by atoms with Crippen LogP contribution in [0.3, 0.4) is 0 Å². The Morgan fingerprint density at radius 1 is 1.21 bits per heavy atom. The van der Waals surface area contributed by atoms with Crippen molar-refractivity contribution in [3.63, 3.8) is 0 Å². The van der Waals surface area contributed by atoms with Crippen LogP contribution in [0.25, 0.3) is 21.3 Å². The molecule has 5 nitrogen and oxygen atoms in total. The standard InChI is InChI=1S/C22H24FN3O2S/c1-13-8-10-25(11-9-13)18(27)12-26-15(3)24-21-20(22(26)28)19(14(2)29-21)16-4-6-17(23)7-5-16/h4-7,13H,8-12H2,1-3H3. The van der Waals surface area contributed by atoms with Crippen molar-refractivity contribution >= 4 is 27.5 Å². The summed E-state index contributed by atoms with van der Waals surface area (Å²) in [4.78, 5) is 34.2. The van der Waals surface area contributed by atoms with Crippen LogP contribution in [0, 0.1) is 25.6 Å². The number of likely N-dealkylation sites (tertiary alicyclic amines) is 1. The van der Waals surface area contributed by atoms with Crippen molar-refractivity contribution < 1.29 is 9.18 Å². The molecule has 0 radical (unpaired) electrons. The van der Waals surface area contributed by atoms with Crippen molar-refractivity contribution in [3.8, 4) is 11.1 Å². The monoisotopic (exact) mass is 413 g/mol. The van der Waals surface area contributed by atoms with Gasteiger partial charge in [0.15, 0.2) is 0 Å². The van der Waals surface area contributed by atoms with Crippen molar-refractivity contribution in [2.24, 2.45) is 5.92 Å². The second-order valence-corrected chi connectivity index (χ2v) is 9.04. The predicted octanol–water partition coefficient (Wildman–Crippen LogP) is 4.14. The molecule has 1 aliphatic heterocycles. The molecule has 2 aromatic heterocycles. The molecule has 0 unspecified atom stereocenters. The van der Waals surface area contributed by atoms with Gasteiger partial charge in [0.05, 0.1) is 5.39 Å². The van der Waals surface area contributed by atoms with Crippen LogP contribution < -0.4 is 5.56 Å². The van der Waals surface area contributed by atoms with Crippen molar-refractivity contribution in [3.05, 3.63) is 51.1 Å². The molecular formula is C22H24FN3O2S. The smallest absolute Gasteiger partial charge is 0.263 e. The molecule has 1 aromatic carbocycles. The summed E-state index contributed by atoms with van der Waals surface area (Å²) in [5, 5.41) is 0.504. The Morgan fingerprint density at radius 3 is 2.52 bits per heavy atom. The first-order valence-electron chi connectivity index (χ1n) is 9.89. The number of aryl methyl sites for hydroxylation is 2. The van der Waals surface area contributed by atoms with Crippen molar-refractivity contribution in [1.29, 1.82) is 0 Å². The number of hydrogen-bond donors (Lipinski definition) is 0. The van der Waals surface area contributed by atoms with Gasteiger partial charge in [0.2, 0.25) is 5.91 Å². The molecule has 7 heteroatoms. The van der Waals surface area contributed by atoms with Crippen LogP contribution >= 0.6 is 11.3 Å². The number of fused-ring (bicyclic) bond motifs is 1. The second kappa shape index (κ2) is 7.71. The number of hydrogen-bond acceptors (Lipinski definition) is 4. The molecule has 1 amide bonds. The number of thiophene rings is 1. The summed E-state index contributed by atoms with van der Waals surface area (Å²) in [6.07, 6.45) is 1.99. The Kier molecular flexibility index (Phi) is 5.25. The van der Waals surface area contributed by atoms with E-state index in [9.17, 15) is 14.0 Å². The van der Waals surface area contributed by atoms with E-state index >= 15 is 0 Å². The van der Waals surface area contributed by atoms with Gasteiger partial charge in [-0.2, -0.15) is 0 Å². The number of carbonyl (C=O) groups excluding carboxylic acids is 1. The highest BCUT2D eigenvalue weighted by atomic mass is 32.1. The fraction of sp³-hybridized carbons (Fsp3) is 0.409. The SMILES string of the molecule is Cc1sc2nc(C)n(CC(=O)N3CCC(C)CC3)c(=O)c2c1-c1ccc(F)cc1. The number of carbonyl (C=O) groups is 1. The van der Waals surface area contributed by atoms with Crippen LogP contribution in [0.15, 0.2) is 29.1 Å². The van der Waals surface area contributed by atoms with Crippen LogP contribution in [0.2, 0.25) is 0 Å². The van der Waals surface area contributed by atoms with Crippen molar-refractivity contribution in [1.82, 2.24) is 14.5 Å². The van der Waals surface area contributed by atoms with Crippen molar-refractivity contribution in [2.45, 2.75) is 40.2 Å². The number of rotatable bonds is 3. The van der Waals surface area contributed by atoms with E-state index in [1.807, 2.05) is 11.8 Å². The van der Waals surface area contributed by atoms with E-state index in [1.165, 1.54) is 28.0 Å². The lowest BCUT2D eigenvalue weighted by atomic mass is 9.99. The Morgan fingerprint density at radius 2 is 1.86 bits per heavy atom. The van der Waals surface area contributed by atoms with Crippen molar-refractivity contribution in [2.75, 3.05) is 13.1 Å². The molecule has 1 fully saturated rings. The van der Waals surface area contributed by atoms with Gasteiger partial charge in [-0.15, -0.1) is 11.3 Å². The topological polar surface area (TPSA) is 55.2 Å². The Balaban J connectivity index is 1.76. The molecule has 3 aromatic rings. The number of piperidine rings is 1. The van der Waals surface area contributed by atoms with E-state index in [1.54, 1.807) is 19.1 Å². The molecule has 1 saturated heterocycles. The van der Waals surface area contributed by atoms with Crippen LogP contribution in [0.1, 0.15) is 30.5 Å². The number of amides is 1. The van der Waals surface area contributed by atoms with Gasteiger partial charge >= 0.3 is 0 Å². The molecule has 29 heavy (non-hydrogen) atoms. The highest BCUT2D eigenvalue weighted by Gasteiger charge is 2.23. The summed E-state index contributed by atoms with van der Waals surface area (Å²) < 4.78 is 14.8. The molecule has 0 spiro atoms. The summed E-state index contributed by atoms with van der Waals surface area (Å²) in [6, 6.07) is 6.12. The third-order valence-corrected chi connectivity index (χ3v) is 6.74. The zero-order chi connectivity index (χ0) is 20.7. The molecule has 0 saturated carbocycles. The molecular weight excluding hydrogens is 389 g/mol. The highest BCUT2D eigenvalue weighted by molar-refractivity contribution is 7.19. The van der Waals surface area contributed by atoms with Gasteiger partial charge in [-0.05, 0) is 50.3 Å². The second-order valence-electron chi connectivity index (χ2n) is 7.83. The number of aromatic nitrogens is 2. The van der Waals surface area contributed by atoms with Gasteiger partial charge in [-0.25, -0.2) is 9.37 Å². The minimum Gasteiger partial charge on any atom is -0.341 e. The molecule has 0 bridgehead atoms. The van der Waals surface area contributed by atoms with E-state index in [0.29, 0.717) is 22.0 Å². The predicted molar refractivity (Wildman–Crippen MR) is 114 cm³/mol. The Labute approximate surface area is 172 Å². The molecule has 1 aliphatic rings. The van der Waals surface area contributed by atoms with E-state index in [4.69, 9.17) is 0 Å². The molecule has 4 rings (SSSR count). The number of nitrogens with zero attached hydrogens (tertiary/aromatic N) is 3. The first kappa shape index (κ1) is 19.8. The average Bonchev–Trinajstić information content (AvgIpc) is 3.02. The molecule has 0 aliphatic carbocycles. The minimum atomic E-state index is -0.321. The lowest BCUT2D eigenvalue weighted by molar-refractivity contribution is -0.133. The molecule has 0 atom stereocenters. The quantitative estimate of drug-likeness (QED) is 0.649. The third-order valence-electron chi connectivity index (χ3n) is 5.74. The van der Waals surface area contributed by atoms with Gasteiger partial charge in [0.25, 0.3) is 5.56 Å². The Bertz CT molecular complexity index is 1130. The maximum absolute atomic E-state index is 13.4. The van der Waals surface area contributed by atoms with E-state index in [2.05, 4.69) is 11.9 Å². The van der Waals surface area contributed by atoms with Crippen LogP contribution in [-0.2, 0) is 11.3 Å². The van der Waals surface area contributed by atoms with Gasteiger partial charge < -0.3 is 4.90 Å². The molecule has 152 valence electrons. The summed E-state index contributed by atoms with van der Waals surface area (Å²) in [7, 11) is 0. The van der Waals surface area contributed by atoms with Gasteiger partial charge in [-0.1, -0.05) is 19.1 Å². The molecule has 3 heterocycles. The normalized spacial score (nSPS) is 15.2. The first-order chi connectivity index (χ1) is 13.8. The zero-order valence-electron chi connectivity index (χ0n) is 16.9. The largest absolute Gasteiger partial charge is 0.341 e. The highest BCUT2D eigenvalue weighted by Crippen LogP contribution is 2.35. The summed E-state index contributed by atoms with van der Waals surface area (Å²) in [6.45, 7) is 7.37. The lowest BCUT2D eigenvalue weighted by Crippen LogP contribution is -2.41. The Hall–Kier alpha value is -2.54. The number of benzene rings is 1. The van der Waals surface area contributed by atoms with E-state index in [0.717, 1.165) is 41.9 Å². The van der Waals surface area contributed by atoms with Crippen LogP contribution in [0.4, 0.5) is 4.39 Å². The third kappa shape index (κ3) is 3.71. The first-order valence-corrected chi connectivity index (χ1v) is 10.7. The minimum absolute atomic E-state index is 0.000258. The molecule has 0 N–H and O–H groups in total. The fourth-order valence-corrected chi connectivity index (χ4v) is 5.02. The maximum atomic E-state index is 13.4. The van der Waals surface area contributed by atoms with E-state index in [-0.39, 0.29) is 23.8 Å². The summed E-state index contributed by atoms with van der Waals surface area (Å²) in [5.41, 5.74) is 1.34. The van der Waals surface area contributed by atoms with Gasteiger partial charge in [0, 0.05) is 23.5 Å². The van der Waals surface area contributed by atoms with Crippen LogP contribution in [-0.4, -0.2) is 33.4 Å².